The molecule has 29 heavy (non-hydrogen) atoms. The van der Waals surface area contributed by atoms with E-state index < -0.39 is 23.6 Å². The Morgan fingerprint density at radius 1 is 1.07 bits per heavy atom. The number of amidine groups is 1. The second kappa shape index (κ2) is 8.41. The second-order valence-corrected chi connectivity index (χ2v) is 7.81. The van der Waals surface area contributed by atoms with Gasteiger partial charge < -0.3 is 5.32 Å². The molecule has 0 aliphatic carbocycles. The summed E-state index contributed by atoms with van der Waals surface area (Å²) >= 11 is 0. The zero-order chi connectivity index (χ0) is 20.4. The SMILES string of the molecule is O=C(NCc1ccc(F)cc1)C1N=C2C(N3CCCCC3)CCCN2C(=O)C1=O. The van der Waals surface area contributed by atoms with Crippen LogP contribution in [0.1, 0.15) is 37.7 Å². The Morgan fingerprint density at radius 2 is 1.79 bits per heavy atom. The maximum Gasteiger partial charge on any atom is 0.298 e. The molecule has 0 bridgehead atoms. The third kappa shape index (κ3) is 4.07. The highest BCUT2D eigenvalue weighted by Gasteiger charge is 2.45. The van der Waals surface area contributed by atoms with E-state index in [1.54, 1.807) is 12.1 Å². The molecule has 0 saturated carbocycles. The van der Waals surface area contributed by atoms with Crippen LogP contribution in [0.4, 0.5) is 4.39 Å². The highest BCUT2D eigenvalue weighted by atomic mass is 19.1. The van der Waals surface area contributed by atoms with Crippen molar-refractivity contribution in [1.82, 2.24) is 15.1 Å². The number of hydrogen-bond acceptors (Lipinski definition) is 5. The Balaban J connectivity index is 1.52. The number of hydrogen-bond donors (Lipinski definition) is 1. The number of nitrogens with zero attached hydrogens (tertiary/aromatic N) is 3. The van der Waals surface area contributed by atoms with E-state index in [-0.39, 0.29) is 18.4 Å². The van der Waals surface area contributed by atoms with Crippen LogP contribution < -0.4 is 5.32 Å². The number of benzene rings is 1. The molecule has 7 nitrogen and oxygen atoms in total. The normalized spacial score (nSPS) is 25.4. The predicted molar refractivity (Wildman–Crippen MR) is 105 cm³/mol. The van der Waals surface area contributed by atoms with Crippen LogP contribution in [0.25, 0.3) is 0 Å². The molecule has 2 amide bonds. The highest BCUT2D eigenvalue weighted by molar-refractivity contribution is 6.46. The van der Waals surface area contributed by atoms with Gasteiger partial charge in [0.25, 0.3) is 17.6 Å². The van der Waals surface area contributed by atoms with Crippen LogP contribution >= 0.6 is 0 Å². The molecule has 154 valence electrons. The number of Topliss-reactive ketones (excluding diaryl/α,β-unsaturated/α-hetero) is 1. The summed E-state index contributed by atoms with van der Waals surface area (Å²) in [6.45, 7) is 2.50. The Bertz CT molecular complexity index is 833. The Hall–Kier alpha value is -2.61. The molecule has 2 saturated heterocycles. The average Bonchev–Trinajstić information content (AvgIpc) is 2.76. The van der Waals surface area contributed by atoms with E-state index in [0.29, 0.717) is 17.9 Å². The van der Waals surface area contributed by atoms with Crippen LogP contribution in [0.3, 0.4) is 0 Å². The molecule has 3 aliphatic heterocycles. The number of fused-ring (bicyclic) bond motifs is 1. The predicted octanol–water partition coefficient (Wildman–Crippen LogP) is 1.27. The van der Waals surface area contributed by atoms with E-state index >= 15 is 0 Å². The fraction of sp³-hybridized carbons (Fsp3) is 0.524. The number of aliphatic imine (C=N–C) groups is 1. The first-order chi connectivity index (χ1) is 14.0. The number of rotatable bonds is 4. The van der Waals surface area contributed by atoms with Crippen molar-refractivity contribution in [3.63, 3.8) is 0 Å². The lowest BCUT2D eigenvalue weighted by Gasteiger charge is -2.43. The number of halogens is 1. The number of carbonyl (C=O) groups is 3. The van der Waals surface area contributed by atoms with Crippen molar-refractivity contribution in [2.24, 2.45) is 4.99 Å². The van der Waals surface area contributed by atoms with Gasteiger partial charge in [-0.1, -0.05) is 18.6 Å². The van der Waals surface area contributed by atoms with Crippen molar-refractivity contribution < 1.29 is 18.8 Å². The smallest absolute Gasteiger partial charge is 0.298 e. The van der Waals surface area contributed by atoms with Gasteiger partial charge in [0, 0.05) is 13.1 Å². The topological polar surface area (TPSA) is 82.1 Å². The largest absolute Gasteiger partial charge is 0.350 e. The van der Waals surface area contributed by atoms with E-state index in [1.807, 2.05) is 0 Å². The van der Waals surface area contributed by atoms with Crippen molar-refractivity contribution in [2.75, 3.05) is 19.6 Å². The molecule has 0 spiro atoms. The summed E-state index contributed by atoms with van der Waals surface area (Å²) in [5.74, 6) is -1.82. The van der Waals surface area contributed by atoms with Crippen molar-refractivity contribution in [1.29, 1.82) is 0 Å². The molecule has 1 aromatic rings. The lowest BCUT2D eigenvalue weighted by molar-refractivity contribution is -0.146. The molecule has 2 fully saturated rings. The van der Waals surface area contributed by atoms with E-state index in [1.165, 1.54) is 23.5 Å². The number of amides is 2. The van der Waals surface area contributed by atoms with Crippen molar-refractivity contribution in [2.45, 2.75) is 50.7 Å². The first kappa shape index (κ1) is 19.7. The van der Waals surface area contributed by atoms with Gasteiger partial charge in [-0.2, -0.15) is 0 Å². The molecule has 0 aromatic heterocycles. The van der Waals surface area contributed by atoms with Crippen LogP contribution in [0.5, 0.6) is 0 Å². The van der Waals surface area contributed by atoms with Gasteiger partial charge in [-0.3, -0.25) is 24.2 Å². The van der Waals surface area contributed by atoms with Gasteiger partial charge in [0.05, 0.1) is 6.04 Å². The average molecular weight is 400 g/mol. The van der Waals surface area contributed by atoms with Gasteiger partial charge >= 0.3 is 0 Å². The monoisotopic (exact) mass is 400 g/mol. The zero-order valence-corrected chi connectivity index (χ0v) is 16.3. The molecule has 1 N–H and O–H groups in total. The number of piperidine rings is 2. The van der Waals surface area contributed by atoms with Crippen LogP contribution in [0.15, 0.2) is 29.3 Å². The van der Waals surface area contributed by atoms with Crippen molar-refractivity contribution >= 4 is 23.4 Å². The van der Waals surface area contributed by atoms with Crippen molar-refractivity contribution in [3.05, 3.63) is 35.6 Å². The first-order valence-electron chi connectivity index (χ1n) is 10.2. The Labute approximate surface area is 169 Å². The second-order valence-electron chi connectivity index (χ2n) is 7.81. The fourth-order valence-corrected chi connectivity index (χ4v) is 4.31. The molecule has 3 heterocycles. The van der Waals surface area contributed by atoms with E-state index in [4.69, 9.17) is 0 Å². The lowest BCUT2D eigenvalue weighted by atomic mass is 9.96. The van der Waals surface area contributed by atoms with Crippen LogP contribution in [0, 0.1) is 5.82 Å². The number of nitrogens with one attached hydrogen (secondary N) is 1. The molecule has 4 rings (SSSR count). The number of ketones is 1. The minimum absolute atomic E-state index is 0.0199. The molecular weight excluding hydrogens is 375 g/mol. The van der Waals surface area contributed by atoms with Gasteiger partial charge in [-0.15, -0.1) is 0 Å². The van der Waals surface area contributed by atoms with Crippen LogP contribution in [-0.2, 0) is 20.9 Å². The number of likely N-dealkylation sites (tertiary alicyclic amines) is 1. The quantitative estimate of drug-likeness (QED) is 0.610. The summed E-state index contributed by atoms with van der Waals surface area (Å²) in [4.78, 5) is 46.1. The summed E-state index contributed by atoms with van der Waals surface area (Å²) in [5.41, 5.74) is 0.701. The summed E-state index contributed by atoms with van der Waals surface area (Å²) < 4.78 is 13.0. The van der Waals surface area contributed by atoms with E-state index in [0.717, 1.165) is 38.8 Å². The summed E-state index contributed by atoms with van der Waals surface area (Å²) in [6, 6.07) is 4.36. The van der Waals surface area contributed by atoms with Gasteiger partial charge in [0.2, 0.25) is 0 Å². The van der Waals surface area contributed by atoms with Gasteiger partial charge in [-0.05, 0) is 56.5 Å². The molecular formula is C21H25FN4O3. The maximum atomic E-state index is 13.0. The van der Waals surface area contributed by atoms with E-state index in [9.17, 15) is 18.8 Å². The van der Waals surface area contributed by atoms with Crippen LogP contribution in [0.2, 0.25) is 0 Å². The Morgan fingerprint density at radius 3 is 2.52 bits per heavy atom. The molecule has 8 heteroatoms. The Kier molecular flexibility index (Phi) is 5.71. The first-order valence-corrected chi connectivity index (χ1v) is 10.2. The van der Waals surface area contributed by atoms with Gasteiger partial charge in [0.15, 0.2) is 6.04 Å². The summed E-state index contributed by atoms with van der Waals surface area (Å²) in [5, 5.41) is 2.66. The maximum absolute atomic E-state index is 13.0. The minimum atomic E-state index is -1.35. The zero-order valence-electron chi connectivity index (χ0n) is 16.3. The standard InChI is InChI=1S/C21H25FN4O3/c22-15-8-6-14(7-9-15)13-23-20(28)17-18(27)21(29)26-12-4-5-16(19(26)24-17)25-10-2-1-3-11-25/h6-9,16-17H,1-5,10-13H2,(H,23,28). The van der Waals surface area contributed by atoms with E-state index in [2.05, 4.69) is 15.2 Å². The fourth-order valence-electron chi connectivity index (χ4n) is 4.31. The molecule has 0 radical (unpaired) electrons. The van der Waals surface area contributed by atoms with Gasteiger partial charge in [0.1, 0.15) is 11.7 Å². The third-order valence-corrected chi connectivity index (χ3v) is 5.86. The molecule has 1 aromatic carbocycles. The molecule has 3 aliphatic rings. The molecule has 2 atom stereocenters. The minimum Gasteiger partial charge on any atom is -0.350 e. The van der Waals surface area contributed by atoms with Crippen molar-refractivity contribution in [3.8, 4) is 0 Å². The lowest BCUT2D eigenvalue weighted by Crippen LogP contribution is -2.61. The third-order valence-electron chi connectivity index (χ3n) is 5.86. The van der Waals surface area contributed by atoms with Gasteiger partial charge in [-0.25, -0.2) is 9.38 Å². The molecule has 2 unspecified atom stereocenters. The summed E-state index contributed by atoms with van der Waals surface area (Å²) in [6.07, 6.45) is 5.11. The number of carbonyl (C=O) groups excluding carboxylic acids is 3. The highest BCUT2D eigenvalue weighted by Crippen LogP contribution is 2.25. The summed E-state index contributed by atoms with van der Waals surface area (Å²) in [7, 11) is 0. The van der Waals surface area contributed by atoms with Crippen LogP contribution in [-0.4, -0.2) is 65.0 Å².